The summed E-state index contributed by atoms with van der Waals surface area (Å²) < 4.78 is 0. The van der Waals surface area contributed by atoms with Gasteiger partial charge in [-0.05, 0) is 36.4 Å². The van der Waals surface area contributed by atoms with Crippen LogP contribution in [0.4, 0.5) is 0 Å². The maximum absolute atomic E-state index is 4.64. The third kappa shape index (κ3) is 4.39. The van der Waals surface area contributed by atoms with E-state index in [9.17, 15) is 0 Å². The van der Waals surface area contributed by atoms with Crippen LogP contribution in [-0.4, -0.2) is 11.5 Å². The highest BCUT2D eigenvalue weighted by Crippen LogP contribution is 2.24. The molecule has 2 nitrogen and oxygen atoms in total. The van der Waals surface area contributed by atoms with Gasteiger partial charge in [-0.25, -0.2) is 4.98 Å². The summed E-state index contributed by atoms with van der Waals surface area (Å²) in [5, 5.41) is 6.86. The van der Waals surface area contributed by atoms with E-state index in [4.69, 9.17) is 0 Å². The van der Waals surface area contributed by atoms with Crippen molar-refractivity contribution in [1.82, 2.24) is 10.3 Å². The normalized spacial score (nSPS) is 13.4. The quantitative estimate of drug-likeness (QED) is 0.870. The first-order chi connectivity index (χ1) is 9.90. The predicted octanol–water partition coefficient (Wildman–Crippen LogP) is 4.64. The molecule has 1 N–H and O–H groups in total. The minimum Gasteiger partial charge on any atom is -0.309 e. The van der Waals surface area contributed by atoms with Gasteiger partial charge in [0.05, 0.1) is 16.7 Å². The summed E-state index contributed by atoms with van der Waals surface area (Å²) in [7, 11) is 0. The molecule has 0 saturated heterocycles. The first-order valence-corrected chi connectivity index (χ1v) is 8.53. The zero-order valence-electron chi connectivity index (χ0n) is 13.7. The lowest BCUT2D eigenvalue weighted by molar-refractivity contribution is 0.538. The van der Waals surface area contributed by atoms with Crippen LogP contribution in [0.2, 0.25) is 0 Å². The monoisotopic (exact) mass is 302 g/mol. The molecule has 0 bridgehead atoms. The molecule has 0 aliphatic rings. The van der Waals surface area contributed by atoms with Crippen LogP contribution >= 0.6 is 11.3 Å². The molecule has 0 radical (unpaired) electrons. The fourth-order valence-corrected chi connectivity index (χ4v) is 3.11. The van der Waals surface area contributed by atoms with E-state index in [0.717, 1.165) is 18.0 Å². The lowest BCUT2D eigenvalue weighted by atomic mass is 9.86. The summed E-state index contributed by atoms with van der Waals surface area (Å²) in [5.74, 6) is 0. The Morgan fingerprint density at radius 1 is 1.19 bits per heavy atom. The number of thiazole rings is 1. The van der Waals surface area contributed by atoms with Crippen molar-refractivity contribution in [2.75, 3.05) is 6.54 Å². The van der Waals surface area contributed by atoms with E-state index in [1.165, 1.54) is 16.8 Å². The van der Waals surface area contributed by atoms with Crippen molar-refractivity contribution in [3.8, 4) is 0 Å². The van der Waals surface area contributed by atoms with Crippen molar-refractivity contribution < 1.29 is 0 Å². The van der Waals surface area contributed by atoms with Crippen LogP contribution < -0.4 is 5.32 Å². The zero-order valence-corrected chi connectivity index (χ0v) is 14.6. The van der Waals surface area contributed by atoms with Gasteiger partial charge in [0, 0.05) is 5.38 Å². The standard InChI is InChI=1S/C18H26N2S/c1-6-19-16(17-12-21-13(2)20-17)11-14-7-9-15(10-8-14)18(3,4)5/h7-10,12,16,19H,6,11H2,1-5H3. The van der Waals surface area contributed by atoms with Gasteiger partial charge in [0.1, 0.15) is 0 Å². The molecule has 2 aromatic rings. The van der Waals surface area contributed by atoms with E-state index in [2.05, 4.69) is 74.6 Å². The molecule has 0 saturated carbocycles. The molecular formula is C18H26N2S. The van der Waals surface area contributed by atoms with Crippen molar-refractivity contribution in [2.45, 2.75) is 52.5 Å². The minimum absolute atomic E-state index is 0.214. The van der Waals surface area contributed by atoms with Crippen LogP contribution in [0.15, 0.2) is 29.6 Å². The Labute approximate surface area is 132 Å². The smallest absolute Gasteiger partial charge is 0.0898 e. The summed E-state index contributed by atoms with van der Waals surface area (Å²) in [6.45, 7) is 11.9. The first kappa shape index (κ1) is 16.2. The number of aromatic nitrogens is 1. The Morgan fingerprint density at radius 2 is 1.86 bits per heavy atom. The van der Waals surface area contributed by atoms with Crippen LogP contribution in [0.1, 0.15) is 55.6 Å². The van der Waals surface area contributed by atoms with Gasteiger partial charge in [0.15, 0.2) is 0 Å². The van der Waals surface area contributed by atoms with Crippen molar-refractivity contribution in [3.63, 3.8) is 0 Å². The molecule has 1 unspecified atom stereocenters. The highest BCUT2D eigenvalue weighted by atomic mass is 32.1. The molecule has 114 valence electrons. The van der Waals surface area contributed by atoms with Crippen LogP contribution in [0.25, 0.3) is 0 Å². The Hall–Kier alpha value is -1.19. The van der Waals surface area contributed by atoms with Crippen LogP contribution in [0.5, 0.6) is 0 Å². The summed E-state index contributed by atoms with van der Waals surface area (Å²) in [6, 6.07) is 9.32. The number of hydrogen-bond acceptors (Lipinski definition) is 3. The predicted molar refractivity (Wildman–Crippen MR) is 92.1 cm³/mol. The largest absolute Gasteiger partial charge is 0.309 e. The van der Waals surface area contributed by atoms with Gasteiger partial charge in [0.2, 0.25) is 0 Å². The summed E-state index contributed by atoms with van der Waals surface area (Å²) >= 11 is 1.72. The second-order valence-corrected chi connectivity index (χ2v) is 7.61. The molecule has 1 aromatic heterocycles. The van der Waals surface area contributed by atoms with E-state index in [-0.39, 0.29) is 5.41 Å². The lowest BCUT2D eigenvalue weighted by Crippen LogP contribution is -2.23. The summed E-state index contributed by atoms with van der Waals surface area (Å²) in [6.07, 6.45) is 0.988. The first-order valence-electron chi connectivity index (χ1n) is 7.65. The second-order valence-electron chi connectivity index (χ2n) is 6.55. The third-order valence-electron chi connectivity index (χ3n) is 3.70. The van der Waals surface area contributed by atoms with Crippen molar-refractivity contribution in [1.29, 1.82) is 0 Å². The average Bonchev–Trinajstić information content (AvgIpc) is 2.84. The summed E-state index contributed by atoms with van der Waals surface area (Å²) in [5.41, 5.74) is 4.13. The maximum atomic E-state index is 4.64. The van der Waals surface area contributed by atoms with Crippen LogP contribution in [-0.2, 0) is 11.8 Å². The average molecular weight is 302 g/mol. The molecule has 0 amide bonds. The van der Waals surface area contributed by atoms with E-state index in [1.54, 1.807) is 11.3 Å². The highest BCUT2D eigenvalue weighted by molar-refractivity contribution is 7.09. The molecular weight excluding hydrogens is 276 g/mol. The zero-order chi connectivity index (χ0) is 15.5. The number of nitrogens with zero attached hydrogens (tertiary/aromatic N) is 1. The fourth-order valence-electron chi connectivity index (χ4n) is 2.44. The van der Waals surface area contributed by atoms with E-state index in [0.29, 0.717) is 6.04 Å². The fraction of sp³-hybridized carbons (Fsp3) is 0.500. The number of nitrogens with one attached hydrogen (secondary N) is 1. The van der Waals surface area contributed by atoms with Gasteiger partial charge in [-0.2, -0.15) is 0 Å². The molecule has 1 heterocycles. The molecule has 3 heteroatoms. The molecule has 2 rings (SSSR count). The molecule has 0 aliphatic heterocycles. The van der Waals surface area contributed by atoms with Gasteiger partial charge in [-0.15, -0.1) is 11.3 Å². The van der Waals surface area contributed by atoms with Gasteiger partial charge in [0.25, 0.3) is 0 Å². The number of rotatable bonds is 5. The number of likely N-dealkylation sites (N-methyl/N-ethyl adjacent to an activating group) is 1. The molecule has 1 aromatic carbocycles. The van der Waals surface area contributed by atoms with Crippen molar-refractivity contribution in [2.24, 2.45) is 0 Å². The number of benzene rings is 1. The van der Waals surface area contributed by atoms with Gasteiger partial charge >= 0.3 is 0 Å². The Morgan fingerprint density at radius 3 is 2.33 bits per heavy atom. The van der Waals surface area contributed by atoms with E-state index >= 15 is 0 Å². The molecule has 0 spiro atoms. The summed E-state index contributed by atoms with van der Waals surface area (Å²) in [4.78, 5) is 4.64. The third-order valence-corrected chi connectivity index (χ3v) is 4.50. The molecule has 0 fully saturated rings. The Balaban J connectivity index is 2.14. The Bertz CT molecular complexity index is 564. The lowest BCUT2D eigenvalue weighted by Gasteiger charge is -2.20. The molecule has 1 atom stereocenters. The minimum atomic E-state index is 0.214. The second kappa shape index (κ2) is 6.71. The topological polar surface area (TPSA) is 24.9 Å². The van der Waals surface area contributed by atoms with Gasteiger partial charge < -0.3 is 5.32 Å². The van der Waals surface area contributed by atoms with Crippen LogP contribution in [0, 0.1) is 6.92 Å². The van der Waals surface area contributed by atoms with Crippen molar-refractivity contribution in [3.05, 3.63) is 51.5 Å². The maximum Gasteiger partial charge on any atom is 0.0898 e. The van der Waals surface area contributed by atoms with Crippen molar-refractivity contribution >= 4 is 11.3 Å². The van der Waals surface area contributed by atoms with E-state index < -0.39 is 0 Å². The van der Waals surface area contributed by atoms with E-state index in [1.807, 2.05) is 0 Å². The highest BCUT2D eigenvalue weighted by Gasteiger charge is 2.16. The van der Waals surface area contributed by atoms with Crippen LogP contribution in [0.3, 0.4) is 0 Å². The van der Waals surface area contributed by atoms with Gasteiger partial charge in [-0.3, -0.25) is 0 Å². The SMILES string of the molecule is CCNC(Cc1ccc(C(C)(C)C)cc1)c1csc(C)n1. The number of aryl methyl sites for hydroxylation is 1. The molecule has 0 aliphatic carbocycles. The number of hydrogen-bond donors (Lipinski definition) is 1. The molecule has 21 heavy (non-hydrogen) atoms. The Kier molecular flexibility index (Phi) is 5.17. The van der Waals surface area contributed by atoms with Gasteiger partial charge in [-0.1, -0.05) is 52.0 Å².